The Labute approximate surface area is 178 Å². The Kier molecular flexibility index (Phi) is 4.58. The first-order valence-corrected chi connectivity index (χ1v) is 11.0. The highest BCUT2D eigenvalue weighted by atomic mass is 16.6. The summed E-state index contributed by atoms with van der Waals surface area (Å²) in [6.07, 6.45) is 3.76. The standard InChI is InChI=1S/C25H34O5/c1-8-12(2)22(28)30-21-13(3)9-16-18-17(23(18,6)7)10-15(5)24(20(16)27)11-14(4)19(26)25(21,24)29/h8-9,11,15-19,21,26,29H,10H2,1-7H3/t15-,16-,17-,18+,19+,21-,24+,25-/m1/s1. The minimum Gasteiger partial charge on any atom is -0.451 e. The third-order valence-electron chi connectivity index (χ3n) is 8.82. The molecule has 0 aromatic heterocycles. The van der Waals surface area contributed by atoms with Crippen molar-refractivity contribution in [1.29, 1.82) is 0 Å². The molecule has 5 heteroatoms. The van der Waals surface area contributed by atoms with Crippen LogP contribution in [0.1, 0.15) is 54.9 Å². The molecule has 0 aromatic carbocycles. The van der Waals surface area contributed by atoms with E-state index in [-0.39, 0.29) is 29.0 Å². The van der Waals surface area contributed by atoms with Crippen LogP contribution in [0.25, 0.3) is 0 Å². The molecule has 8 atom stereocenters. The van der Waals surface area contributed by atoms with Gasteiger partial charge in [0.05, 0.1) is 5.41 Å². The molecular weight excluding hydrogens is 380 g/mol. The lowest BCUT2D eigenvalue weighted by molar-refractivity contribution is -0.201. The monoisotopic (exact) mass is 414 g/mol. The van der Waals surface area contributed by atoms with E-state index in [0.29, 0.717) is 22.6 Å². The lowest BCUT2D eigenvalue weighted by atomic mass is 9.59. The van der Waals surface area contributed by atoms with E-state index in [1.165, 1.54) is 0 Å². The van der Waals surface area contributed by atoms with E-state index in [1.807, 2.05) is 13.0 Å². The van der Waals surface area contributed by atoms with Gasteiger partial charge in [-0.15, -0.1) is 0 Å². The average Bonchev–Trinajstić information content (AvgIpc) is 3.19. The lowest BCUT2D eigenvalue weighted by Gasteiger charge is -2.49. The maximum absolute atomic E-state index is 14.1. The van der Waals surface area contributed by atoms with Gasteiger partial charge in [0, 0.05) is 11.5 Å². The van der Waals surface area contributed by atoms with Crippen molar-refractivity contribution in [3.8, 4) is 0 Å². The van der Waals surface area contributed by atoms with Gasteiger partial charge in [0.2, 0.25) is 0 Å². The fourth-order valence-electron chi connectivity index (χ4n) is 6.89. The summed E-state index contributed by atoms with van der Waals surface area (Å²) < 4.78 is 5.84. The van der Waals surface area contributed by atoms with Gasteiger partial charge in [-0.25, -0.2) is 4.79 Å². The van der Waals surface area contributed by atoms with Crippen LogP contribution in [0.3, 0.4) is 0 Å². The smallest absolute Gasteiger partial charge is 0.334 e. The minimum absolute atomic E-state index is 0.0490. The summed E-state index contributed by atoms with van der Waals surface area (Å²) >= 11 is 0. The molecule has 0 aromatic rings. The number of carbonyl (C=O) groups is 2. The van der Waals surface area contributed by atoms with E-state index >= 15 is 0 Å². The van der Waals surface area contributed by atoms with Gasteiger partial charge < -0.3 is 14.9 Å². The number of hydrogen-bond donors (Lipinski definition) is 2. The molecule has 2 saturated carbocycles. The van der Waals surface area contributed by atoms with Gasteiger partial charge in [-0.3, -0.25) is 4.79 Å². The number of aliphatic hydroxyl groups is 2. The predicted molar refractivity (Wildman–Crippen MR) is 113 cm³/mol. The van der Waals surface area contributed by atoms with Crippen LogP contribution in [0, 0.1) is 34.5 Å². The number of Topliss-reactive ketones (excluding diaryl/α,β-unsaturated/α-hetero) is 1. The normalized spacial score (nSPS) is 46.7. The van der Waals surface area contributed by atoms with Crippen LogP contribution in [-0.4, -0.2) is 39.8 Å². The highest BCUT2D eigenvalue weighted by Gasteiger charge is 2.76. The molecule has 0 saturated heterocycles. The first kappa shape index (κ1) is 21.5. The first-order valence-electron chi connectivity index (χ1n) is 11.0. The summed E-state index contributed by atoms with van der Waals surface area (Å²) in [5.74, 6) is -0.553. The molecule has 4 rings (SSSR count). The molecule has 2 N–H and O–H groups in total. The number of rotatable bonds is 2. The molecule has 0 aliphatic heterocycles. The fraction of sp³-hybridized carbons (Fsp3) is 0.680. The number of esters is 1. The van der Waals surface area contributed by atoms with Gasteiger partial charge in [-0.05, 0) is 68.4 Å². The van der Waals surface area contributed by atoms with Crippen LogP contribution < -0.4 is 0 Å². The highest BCUT2D eigenvalue weighted by molar-refractivity contribution is 5.95. The zero-order valence-corrected chi connectivity index (χ0v) is 19.0. The average molecular weight is 415 g/mol. The molecule has 0 heterocycles. The van der Waals surface area contributed by atoms with Crippen LogP contribution in [0.2, 0.25) is 0 Å². The third-order valence-corrected chi connectivity index (χ3v) is 8.82. The van der Waals surface area contributed by atoms with Gasteiger partial charge in [0.15, 0.2) is 17.5 Å². The van der Waals surface area contributed by atoms with Crippen molar-refractivity contribution in [3.05, 3.63) is 34.9 Å². The second kappa shape index (κ2) is 6.39. The molecule has 2 bridgehead atoms. The summed E-state index contributed by atoms with van der Waals surface area (Å²) in [6.45, 7) is 13.4. The Morgan fingerprint density at radius 1 is 1.27 bits per heavy atom. The first-order chi connectivity index (χ1) is 13.9. The van der Waals surface area contributed by atoms with Crippen LogP contribution >= 0.6 is 0 Å². The van der Waals surface area contributed by atoms with Gasteiger partial charge in [0.1, 0.15) is 6.10 Å². The van der Waals surface area contributed by atoms with Crippen LogP contribution in [0.5, 0.6) is 0 Å². The number of hydrogen-bond acceptors (Lipinski definition) is 5. The van der Waals surface area contributed by atoms with Gasteiger partial charge in [-0.1, -0.05) is 39.0 Å². The lowest BCUT2D eigenvalue weighted by Crippen LogP contribution is -2.65. The Morgan fingerprint density at radius 3 is 2.50 bits per heavy atom. The Morgan fingerprint density at radius 2 is 1.90 bits per heavy atom. The Bertz CT molecular complexity index is 908. The second-order valence-electron chi connectivity index (χ2n) is 10.6. The van der Waals surface area contributed by atoms with Crippen LogP contribution in [0.4, 0.5) is 0 Å². The van der Waals surface area contributed by atoms with Crippen molar-refractivity contribution in [3.63, 3.8) is 0 Å². The van der Waals surface area contributed by atoms with Crippen molar-refractivity contribution < 1.29 is 24.5 Å². The van der Waals surface area contributed by atoms with E-state index in [1.54, 1.807) is 39.8 Å². The Balaban J connectivity index is 1.94. The van der Waals surface area contributed by atoms with Gasteiger partial charge in [-0.2, -0.15) is 0 Å². The summed E-state index contributed by atoms with van der Waals surface area (Å²) in [4.78, 5) is 26.8. The van der Waals surface area contributed by atoms with Crippen LogP contribution in [-0.2, 0) is 14.3 Å². The molecular formula is C25H34O5. The summed E-state index contributed by atoms with van der Waals surface area (Å²) in [5.41, 5.74) is -1.54. The van der Waals surface area contributed by atoms with Crippen molar-refractivity contribution in [2.75, 3.05) is 0 Å². The minimum atomic E-state index is -1.92. The molecule has 1 spiro atoms. The molecule has 30 heavy (non-hydrogen) atoms. The number of allylic oxidation sites excluding steroid dienone is 2. The number of ether oxygens (including phenoxy) is 1. The summed E-state index contributed by atoms with van der Waals surface area (Å²) in [5, 5.41) is 23.4. The summed E-state index contributed by atoms with van der Waals surface area (Å²) in [6, 6.07) is 0. The molecule has 4 aliphatic carbocycles. The zero-order chi connectivity index (χ0) is 22.4. The zero-order valence-electron chi connectivity index (χ0n) is 19.0. The van der Waals surface area contributed by atoms with Crippen molar-refractivity contribution >= 4 is 11.8 Å². The van der Waals surface area contributed by atoms with E-state index in [0.717, 1.165) is 6.42 Å². The van der Waals surface area contributed by atoms with Crippen molar-refractivity contribution in [2.24, 2.45) is 34.5 Å². The van der Waals surface area contributed by atoms with Gasteiger partial charge in [0.25, 0.3) is 0 Å². The van der Waals surface area contributed by atoms with E-state index < -0.39 is 29.2 Å². The topological polar surface area (TPSA) is 83.8 Å². The van der Waals surface area contributed by atoms with Crippen molar-refractivity contribution in [2.45, 2.75) is 72.7 Å². The van der Waals surface area contributed by atoms with Crippen LogP contribution in [0.15, 0.2) is 34.9 Å². The van der Waals surface area contributed by atoms with E-state index in [2.05, 4.69) is 13.8 Å². The number of ketones is 1. The molecule has 0 amide bonds. The third kappa shape index (κ3) is 2.36. The molecule has 0 radical (unpaired) electrons. The Hall–Kier alpha value is -1.72. The predicted octanol–water partition coefficient (Wildman–Crippen LogP) is 3.36. The maximum atomic E-state index is 14.1. The highest BCUT2D eigenvalue weighted by Crippen LogP contribution is 2.71. The van der Waals surface area contributed by atoms with E-state index in [9.17, 15) is 19.8 Å². The molecule has 5 nitrogen and oxygen atoms in total. The van der Waals surface area contributed by atoms with Crippen molar-refractivity contribution in [1.82, 2.24) is 0 Å². The second-order valence-corrected chi connectivity index (χ2v) is 10.6. The SMILES string of the molecule is CC=C(C)C(=O)O[C@@H]1C(C)=C[C@H]2C(=O)[C@]3(C=C(C)[C@H](O)[C@@]13O)[C@H](C)C[C@@H]1[C@H]2C1(C)C. The molecule has 0 unspecified atom stereocenters. The summed E-state index contributed by atoms with van der Waals surface area (Å²) in [7, 11) is 0. The quantitative estimate of drug-likeness (QED) is 0.411. The maximum Gasteiger partial charge on any atom is 0.334 e. The number of carbonyl (C=O) groups excluding carboxylic acids is 2. The fourth-order valence-corrected chi connectivity index (χ4v) is 6.89. The number of fused-ring (bicyclic) bond motifs is 3. The van der Waals surface area contributed by atoms with E-state index in [4.69, 9.17) is 4.74 Å². The molecule has 4 aliphatic rings. The number of aliphatic hydroxyl groups excluding tert-OH is 1. The largest absolute Gasteiger partial charge is 0.451 e. The van der Waals surface area contributed by atoms with Gasteiger partial charge >= 0.3 is 5.97 Å². The molecule has 164 valence electrons. The molecule has 2 fully saturated rings.